The van der Waals surface area contributed by atoms with Gasteiger partial charge in [-0.15, -0.1) is 0 Å². The fraction of sp³-hybridized carbons (Fsp3) is 0.185. The van der Waals surface area contributed by atoms with E-state index in [0.717, 1.165) is 5.56 Å². The molecule has 2 amide bonds. The highest BCUT2D eigenvalue weighted by molar-refractivity contribution is 5.95. The molecule has 4 aromatic rings. The summed E-state index contributed by atoms with van der Waals surface area (Å²) in [6.07, 6.45) is -0.769. The number of hydrogen-bond acceptors (Lipinski definition) is 4. The van der Waals surface area contributed by atoms with Gasteiger partial charge < -0.3 is 10.0 Å². The number of aromatic nitrogens is 2. The van der Waals surface area contributed by atoms with E-state index in [2.05, 4.69) is 10.2 Å². The predicted molar refractivity (Wildman–Crippen MR) is 131 cm³/mol. The summed E-state index contributed by atoms with van der Waals surface area (Å²) in [5.41, 5.74) is 1.76. The molecule has 1 fully saturated rings. The molecule has 0 aliphatic carbocycles. The molecule has 9 heteroatoms. The number of likely N-dealkylation sites (tertiary alicyclic amines) is 1. The minimum Gasteiger partial charge on any atom is -0.465 e. The van der Waals surface area contributed by atoms with Gasteiger partial charge in [0.2, 0.25) is 0 Å². The minimum atomic E-state index is -1.07. The van der Waals surface area contributed by atoms with Gasteiger partial charge in [-0.1, -0.05) is 54.6 Å². The third-order valence-corrected chi connectivity index (χ3v) is 6.44. The molecular weight excluding hydrogens is 463 g/mol. The molecule has 0 saturated carbocycles. The van der Waals surface area contributed by atoms with Gasteiger partial charge in [-0.05, 0) is 29.3 Å². The highest BCUT2D eigenvalue weighted by atomic mass is 19.1. The van der Waals surface area contributed by atoms with Crippen LogP contribution in [0.1, 0.15) is 27.2 Å². The summed E-state index contributed by atoms with van der Waals surface area (Å²) < 4.78 is 14.6. The van der Waals surface area contributed by atoms with Crippen molar-refractivity contribution in [3.05, 3.63) is 111 Å². The summed E-state index contributed by atoms with van der Waals surface area (Å²) in [6, 6.07) is 20.3. The number of hydrogen-bond donors (Lipinski definition) is 2. The molecule has 2 heterocycles. The second kappa shape index (κ2) is 9.61. The van der Waals surface area contributed by atoms with Crippen molar-refractivity contribution in [2.45, 2.75) is 19.0 Å². The van der Waals surface area contributed by atoms with E-state index in [1.807, 2.05) is 36.4 Å². The van der Waals surface area contributed by atoms with Crippen molar-refractivity contribution in [3.8, 4) is 0 Å². The van der Waals surface area contributed by atoms with Gasteiger partial charge >= 0.3 is 6.09 Å². The van der Waals surface area contributed by atoms with Gasteiger partial charge in [-0.3, -0.25) is 14.5 Å². The normalized spacial score (nSPS) is 13.4. The number of halogens is 1. The van der Waals surface area contributed by atoms with Crippen LogP contribution in [0, 0.1) is 5.82 Å². The molecule has 0 unspecified atom stereocenters. The molecule has 0 spiro atoms. The standard InChI is InChI=1S/C27H23FN4O4/c28-23-11-10-18(13-24-20-8-4-5-9-21(20)25(33)30-29-24)12-22(23)26(34)31-15-19(16-31)32(27(35)36)14-17-6-2-1-3-7-17/h1-12,19H,13-16H2,(H,30,33)(H,35,36). The van der Waals surface area contributed by atoms with Crippen molar-refractivity contribution in [2.24, 2.45) is 0 Å². The molecular formula is C27H23FN4O4. The van der Waals surface area contributed by atoms with Gasteiger partial charge in [-0.25, -0.2) is 14.3 Å². The lowest BCUT2D eigenvalue weighted by Gasteiger charge is -2.44. The molecule has 8 nitrogen and oxygen atoms in total. The van der Waals surface area contributed by atoms with Gasteiger partial charge in [0.1, 0.15) is 5.82 Å². The van der Waals surface area contributed by atoms with Crippen LogP contribution >= 0.6 is 0 Å². The Morgan fingerprint density at radius 2 is 1.69 bits per heavy atom. The number of nitrogens with one attached hydrogen (secondary N) is 1. The second-order valence-corrected chi connectivity index (χ2v) is 8.80. The number of benzene rings is 3. The lowest BCUT2D eigenvalue weighted by Crippen LogP contribution is -2.62. The van der Waals surface area contributed by atoms with Gasteiger partial charge in [0.15, 0.2) is 0 Å². The molecule has 1 saturated heterocycles. The van der Waals surface area contributed by atoms with Crippen molar-refractivity contribution < 1.29 is 19.1 Å². The Morgan fingerprint density at radius 3 is 2.42 bits per heavy atom. The first-order valence-corrected chi connectivity index (χ1v) is 11.5. The number of carbonyl (C=O) groups is 2. The molecule has 5 rings (SSSR count). The molecule has 0 bridgehead atoms. The van der Waals surface area contributed by atoms with E-state index in [1.54, 1.807) is 24.3 Å². The summed E-state index contributed by atoms with van der Waals surface area (Å²) in [6.45, 7) is 0.592. The monoisotopic (exact) mass is 486 g/mol. The third kappa shape index (κ3) is 4.55. The summed E-state index contributed by atoms with van der Waals surface area (Å²) in [5, 5.41) is 17.5. The number of nitrogens with zero attached hydrogens (tertiary/aromatic N) is 3. The van der Waals surface area contributed by atoms with Crippen LogP contribution in [0.15, 0.2) is 77.6 Å². The Bertz CT molecular complexity index is 1500. The van der Waals surface area contributed by atoms with Crippen LogP contribution in [0.25, 0.3) is 10.8 Å². The van der Waals surface area contributed by atoms with E-state index in [1.165, 1.54) is 21.9 Å². The van der Waals surface area contributed by atoms with Crippen LogP contribution in [0.5, 0.6) is 0 Å². The summed E-state index contributed by atoms with van der Waals surface area (Å²) in [7, 11) is 0. The minimum absolute atomic E-state index is 0.0791. The SMILES string of the molecule is O=C(c1cc(Cc2n[nH]c(=O)c3ccccc23)ccc1F)N1CC(N(Cc2ccccc2)C(=O)O)C1. The van der Waals surface area contributed by atoms with Crippen molar-refractivity contribution in [1.82, 2.24) is 20.0 Å². The van der Waals surface area contributed by atoms with Crippen molar-refractivity contribution in [3.63, 3.8) is 0 Å². The average Bonchev–Trinajstić information content (AvgIpc) is 2.86. The van der Waals surface area contributed by atoms with Crippen LogP contribution in [-0.2, 0) is 13.0 Å². The zero-order valence-corrected chi connectivity index (χ0v) is 19.2. The molecule has 1 aliphatic rings. The number of H-pyrrole nitrogens is 1. The number of aromatic amines is 1. The Balaban J connectivity index is 1.31. The van der Waals surface area contributed by atoms with Crippen molar-refractivity contribution in [1.29, 1.82) is 0 Å². The Hall–Kier alpha value is -4.53. The fourth-order valence-corrected chi connectivity index (χ4v) is 4.47. The van der Waals surface area contributed by atoms with Gasteiger partial charge in [0, 0.05) is 31.4 Å². The molecule has 2 N–H and O–H groups in total. The van der Waals surface area contributed by atoms with Crippen LogP contribution in [0.4, 0.5) is 9.18 Å². The summed E-state index contributed by atoms with van der Waals surface area (Å²) >= 11 is 0. The first kappa shape index (κ1) is 23.2. The number of rotatable bonds is 6. The van der Waals surface area contributed by atoms with E-state index < -0.39 is 17.8 Å². The molecule has 0 radical (unpaired) electrons. The highest BCUT2D eigenvalue weighted by Gasteiger charge is 2.38. The van der Waals surface area contributed by atoms with Crippen LogP contribution in [0.3, 0.4) is 0 Å². The zero-order chi connectivity index (χ0) is 25.2. The van der Waals surface area contributed by atoms with E-state index >= 15 is 0 Å². The largest absolute Gasteiger partial charge is 0.465 e. The smallest absolute Gasteiger partial charge is 0.407 e. The lowest BCUT2D eigenvalue weighted by atomic mass is 10.00. The fourth-order valence-electron chi connectivity index (χ4n) is 4.47. The van der Waals surface area contributed by atoms with Gasteiger partial charge in [-0.2, -0.15) is 5.10 Å². The summed E-state index contributed by atoms with van der Waals surface area (Å²) in [5.74, 6) is -1.14. The molecule has 0 atom stereocenters. The third-order valence-electron chi connectivity index (χ3n) is 6.44. The van der Waals surface area contributed by atoms with Crippen LogP contribution < -0.4 is 5.56 Å². The van der Waals surface area contributed by atoms with Crippen LogP contribution in [-0.4, -0.2) is 56.2 Å². The second-order valence-electron chi connectivity index (χ2n) is 8.80. The molecule has 3 aromatic carbocycles. The highest BCUT2D eigenvalue weighted by Crippen LogP contribution is 2.24. The van der Waals surface area contributed by atoms with E-state index in [4.69, 9.17) is 0 Å². The molecule has 1 aromatic heterocycles. The first-order chi connectivity index (χ1) is 17.4. The molecule has 36 heavy (non-hydrogen) atoms. The average molecular weight is 487 g/mol. The number of carboxylic acid groups (broad SMARTS) is 1. The number of carbonyl (C=O) groups excluding carboxylic acids is 1. The van der Waals surface area contributed by atoms with Gasteiger partial charge in [0.05, 0.1) is 22.7 Å². The lowest BCUT2D eigenvalue weighted by molar-refractivity contribution is 0.0254. The Labute approximate surface area is 205 Å². The number of amides is 2. The molecule has 182 valence electrons. The Morgan fingerprint density at radius 1 is 1.00 bits per heavy atom. The Kier molecular flexibility index (Phi) is 6.20. The van der Waals surface area contributed by atoms with E-state index in [9.17, 15) is 23.9 Å². The van der Waals surface area contributed by atoms with Crippen LogP contribution in [0.2, 0.25) is 0 Å². The van der Waals surface area contributed by atoms with E-state index in [-0.39, 0.29) is 36.8 Å². The topological polar surface area (TPSA) is 107 Å². The summed E-state index contributed by atoms with van der Waals surface area (Å²) in [4.78, 5) is 39.7. The van der Waals surface area contributed by atoms with Crippen molar-refractivity contribution in [2.75, 3.05) is 13.1 Å². The first-order valence-electron chi connectivity index (χ1n) is 11.5. The quantitative estimate of drug-likeness (QED) is 0.433. The maximum Gasteiger partial charge on any atom is 0.407 e. The van der Waals surface area contributed by atoms with E-state index in [0.29, 0.717) is 28.5 Å². The number of fused-ring (bicyclic) bond motifs is 1. The van der Waals surface area contributed by atoms with Gasteiger partial charge in [0.25, 0.3) is 11.5 Å². The zero-order valence-electron chi connectivity index (χ0n) is 19.2. The molecule has 1 aliphatic heterocycles. The van der Waals surface area contributed by atoms with Crippen molar-refractivity contribution >= 4 is 22.8 Å². The maximum absolute atomic E-state index is 14.6. The maximum atomic E-state index is 14.6. The predicted octanol–water partition coefficient (Wildman–Crippen LogP) is 3.66.